The van der Waals surface area contributed by atoms with Crippen molar-refractivity contribution in [2.75, 3.05) is 37.2 Å². The molecule has 6 nitrogen and oxygen atoms in total. The molecule has 0 spiro atoms. The topological polar surface area (TPSA) is 70.1 Å². The molecule has 7 heteroatoms. The molecule has 0 saturated carbocycles. The van der Waals surface area contributed by atoms with Gasteiger partial charge in [0.2, 0.25) is 0 Å². The van der Waals surface area contributed by atoms with E-state index in [-0.39, 0.29) is 5.75 Å². The van der Waals surface area contributed by atoms with Gasteiger partial charge < -0.3 is 9.84 Å². The normalized spacial score (nSPS) is 20.7. The SMILES string of the molecule is O=S(=O)(N1CCOCC1)N1CCCc2cccc(O)c21. The number of benzene rings is 1. The van der Waals surface area contributed by atoms with Crippen LogP contribution in [0.5, 0.6) is 5.75 Å². The van der Waals surface area contributed by atoms with E-state index in [2.05, 4.69) is 0 Å². The molecular weight excluding hydrogens is 280 g/mol. The van der Waals surface area contributed by atoms with Crippen molar-refractivity contribution in [3.63, 3.8) is 0 Å². The number of aromatic hydroxyl groups is 1. The second-order valence-corrected chi connectivity index (χ2v) is 6.83. The lowest BCUT2D eigenvalue weighted by molar-refractivity contribution is 0.0729. The second-order valence-electron chi connectivity index (χ2n) is 4.98. The fourth-order valence-electron chi connectivity index (χ4n) is 2.74. The molecule has 1 saturated heterocycles. The van der Waals surface area contributed by atoms with Crippen molar-refractivity contribution in [3.05, 3.63) is 23.8 Å². The van der Waals surface area contributed by atoms with Crippen molar-refractivity contribution in [2.45, 2.75) is 12.8 Å². The number of fused-ring (bicyclic) bond motifs is 1. The van der Waals surface area contributed by atoms with Gasteiger partial charge in [-0.15, -0.1) is 0 Å². The average Bonchev–Trinajstić information content (AvgIpc) is 2.48. The van der Waals surface area contributed by atoms with Gasteiger partial charge in [0.15, 0.2) is 0 Å². The van der Waals surface area contributed by atoms with Gasteiger partial charge in [0, 0.05) is 19.6 Å². The van der Waals surface area contributed by atoms with Crippen molar-refractivity contribution >= 4 is 15.9 Å². The van der Waals surface area contributed by atoms with Gasteiger partial charge in [-0.25, -0.2) is 0 Å². The van der Waals surface area contributed by atoms with Gasteiger partial charge in [-0.2, -0.15) is 12.7 Å². The lowest BCUT2D eigenvalue weighted by Gasteiger charge is -2.36. The summed E-state index contributed by atoms with van der Waals surface area (Å²) < 4.78 is 33.5. The van der Waals surface area contributed by atoms with Crippen molar-refractivity contribution in [2.24, 2.45) is 0 Å². The van der Waals surface area contributed by atoms with Gasteiger partial charge >= 0.3 is 10.2 Å². The molecule has 0 aliphatic carbocycles. The summed E-state index contributed by atoms with van der Waals surface area (Å²) in [5, 5.41) is 10.0. The van der Waals surface area contributed by atoms with E-state index in [1.165, 1.54) is 14.7 Å². The summed E-state index contributed by atoms with van der Waals surface area (Å²) in [6.07, 6.45) is 1.55. The summed E-state index contributed by atoms with van der Waals surface area (Å²) >= 11 is 0. The molecule has 20 heavy (non-hydrogen) atoms. The number of hydrogen-bond donors (Lipinski definition) is 1. The second kappa shape index (κ2) is 5.23. The van der Waals surface area contributed by atoms with Gasteiger partial charge in [-0.3, -0.25) is 4.31 Å². The van der Waals surface area contributed by atoms with E-state index >= 15 is 0 Å². The number of rotatable bonds is 2. The highest BCUT2D eigenvalue weighted by Gasteiger charge is 2.35. The predicted molar refractivity (Wildman–Crippen MR) is 75.1 cm³/mol. The van der Waals surface area contributed by atoms with E-state index in [0.29, 0.717) is 38.5 Å². The highest BCUT2D eigenvalue weighted by molar-refractivity contribution is 7.90. The van der Waals surface area contributed by atoms with Crippen LogP contribution >= 0.6 is 0 Å². The Morgan fingerprint density at radius 3 is 2.65 bits per heavy atom. The highest BCUT2D eigenvalue weighted by atomic mass is 32.2. The standard InChI is InChI=1S/C13H18N2O4S/c16-12-5-1-3-11-4-2-6-15(13(11)12)20(17,18)14-7-9-19-10-8-14/h1,3,5,16H,2,4,6-10H2. The quantitative estimate of drug-likeness (QED) is 0.873. The third-order valence-corrected chi connectivity index (χ3v) is 5.67. The molecule has 2 heterocycles. The van der Waals surface area contributed by atoms with Gasteiger partial charge in [-0.05, 0) is 24.5 Å². The monoisotopic (exact) mass is 298 g/mol. The number of nitrogens with zero attached hydrogens (tertiary/aromatic N) is 2. The Hall–Kier alpha value is -1.31. The van der Waals surface area contributed by atoms with Crippen molar-refractivity contribution in [1.82, 2.24) is 4.31 Å². The van der Waals surface area contributed by atoms with E-state index in [9.17, 15) is 13.5 Å². The van der Waals surface area contributed by atoms with Crippen LogP contribution in [0, 0.1) is 0 Å². The maximum Gasteiger partial charge on any atom is 0.304 e. The molecule has 0 amide bonds. The lowest BCUT2D eigenvalue weighted by atomic mass is 10.0. The zero-order chi connectivity index (χ0) is 14.2. The Morgan fingerprint density at radius 2 is 1.90 bits per heavy atom. The first-order valence-electron chi connectivity index (χ1n) is 6.77. The van der Waals surface area contributed by atoms with E-state index in [1.807, 2.05) is 6.07 Å². The molecule has 1 aromatic carbocycles. The third kappa shape index (κ3) is 2.25. The van der Waals surface area contributed by atoms with Crippen LogP contribution in [0.15, 0.2) is 18.2 Å². The molecule has 0 aromatic heterocycles. The van der Waals surface area contributed by atoms with Crippen molar-refractivity contribution in [3.8, 4) is 5.75 Å². The minimum absolute atomic E-state index is 0.0269. The molecule has 2 aliphatic rings. The van der Waals surface area contributed by atoms with Crippen LogP contribution in [-0.4, -0.2) is 50.7 Å². The molecule has 0 atom stereocenters. The van der Waals surface area contributed by atoms with Crippen molar-refractivity contribution < 1.29 is 18.3 Å². The molecule has 110 valence electrons. The summed E-state index contributed by atoms with van der Waals surface area (Å²) in [4.78, 5) is 0. The molecule has 3 rings (SSSR count). The molecule has 1 N–H and O–H groups in total. The summed E-state index contributed by atoms with van der Waals surface area (Å²) in [6.45, 7) is 1.97. The number of para-hydroxylation sites is 1. The molecule has 0 unspecified atom stereocenters. The van der Waals surface area contributed by atoms with Crippen LogP contribution in [0.1, 0.15) is 12.0 Å². The summed E-state index contributed by atoms with van der Waals surface area (Å²) in [7, 11) is -3.59. The average molecular weight is 298 g/mol. The smallest absolute Gasteiger partial charge is 0.304 e. The Balaban J connectivity index is 1.99. The van der Waals surface area contributed by atoms with Crippen LogP contribution in [0.4, 0.5) is 5.69 Å². The number of ether oxygens (including phenoxy) is 1. The number of phenols is 1. The van der Waals surface area contributed by atoms with Crippen LogP contribution in [-0.2, 0) is 21.4 Å². The van der Waals surface area contributed by atoms with Gasteiger partial charge in [0.25, 0.3) is 0 Å². The maximum atomic E-state index is 12.7. The Bertz CT molecular complexity index is 596. The minimum Gasteiger partial charge on any atom is -0.506 e. The van der Waals surface area contributed by atoms with E-state index < -0.39 is 10.2 Å². The minimum atomic E-state index is -3.59. The molecule has 0 bridgehead atoms. The molecule has 2 aliphatic heterocycles. The Morgan fingerprint density at radius 1 is 1.15 bits per heavy atom. The third-order valence-electron chi connectivity index (χ3n) is 3.73. The predicted octanol–water partition coefficient (Wildman–Crippen LogP) is 0.722. The zero-order valence-corrected chi connectivity index (χ0v) is 12.0. The zero-order valence-electron chi connectivity index (χ0n) is 11.2. The lowest BCUT2D eigenvalue weighted by Crippen LogP contribution is -2.50. The van der Waals surface area contributed by atoms with Gasteiger partial charge in [0.05, 0.1) is 18.9 Å². The summed E-state index contributed by atoms with van der Waals surface area (Å²) in [5.41, 5.74) is 1.32. The summed E-state index contributed by atoms with van der Waals surface area (Å²) in [6, 6.07) is 5.15. The number of anilines is 1. The van der Waals surface area contributed by atoms with E-state index in [4.69, 9.17) is 4.74 Å². The largest absolute Gasteiger partial charge is 0.506 e. The van der Waals surface area contributed by atoms with Crippen LogP contribution < -0.4 is 4.31 Å². The summed E-state index contributed by atoms with van der Waals surface area (Å²) in [5.74, 6) is 0.0269. The van der Waals surface area contributed by atoms with E-state index in [0.717, 1.165) is 18.4 Å². The fraction of sp³-hybridized carbons (Fsp3) is 0.538. The number of hydrogen-bond acceptors (Lipinski definition) is 4. The van der Waals surface area contributed by atoms with Crippen LogP contribution in [0.2, 0.25) is 0 Å². The maximum absolute atomic E-state index is 12.7. The number of morpholine rings is 1. The molecular formula is C13H18N2O4S. The number of phenolic OH excluding ortho intramolecular Hbond substituents is 1. The molecule has 0 radical (unpaired) electrons. The van der Waals surface area contributed by atoms with Crippen LogP contribution in [0.25, 0.3) is 0 Å². The Labute approximate surface area is 118 Å². The van der Waals surface area contributed by atoms with Crippen LogP contribution in [0.3, 0.4) is 0 Å². The Kier molecular flexibility index (Phi) is 3.57. The first kappa shape index (κ1) is 13.7. The van der Waals surface area contributed by atoms with Gasteiger partial charge in [0.1, 0.15) is 5.75 Å². The molecule has 1 fully saturated rings. The van der Waals surface area contributed by atoms with E-state index in [1.54, 1.807) is 6.07 Å². The van der Waals surface area contributed by atoms with Crippen molar-refractivity contribution in [1.29, 1.82) is 0 Å². The molecule has 1 aromatic rings. The highest BCUT2D eigenvalue weighted by Crippen LogP contribution is 2.37. The first-order chi connectivity index (χ1) is 9.60. The first-order valence-corrected chi connectivity index (χ1v) is 8.17. The number of aryl methyl sites for hydroxylation is 1. The fourth-order valence-corrected chi connectivity index (χ4v) is 4.43. The van der Waals surface area contributed by atoms with Gasteiger partial charge in [-0.1, -0.05) is 12.1 Å².